The van der Waals surface area contributed by atoms with E-state index < -0.39 is 8.07 Å². The van der Waals surface area contributed by atoms with E-state index in [0.717, 1.165) is 34.3 Å². The van der Waals surface area contributed by atoms with Crippen LogP contribution in [0, 0.1) is 5.41 Å². The van der Waals surface area contributed by atoms with Crippen molar-refractivity contribution in [2.45, 2.75) is 32.4 Å². The van der Waals surface area contributed by atoms with E-state index in [1.165, 1.54) is 17.6 Å². The highest BCUT2D eigenvalue weighted by atomic mass is 35.5. The SMILES string of the molecule is C[Si](C)(C)CCOCn1c(-c2csc(N)n2)cc(C=N)c1-c1ccc(Cl)cc1Cl. The van der Waals surface area contributed by atoms with E-state index in [1.54, 1.807) is 12.1 Å². The molecule has 0 bridgehead atoms. The van der Waals surface area contributed by atoms with Gasteiger partial charge < -0.3 is 20.4 Å². The first kappa shape index (κ1) is 22.1. The highest BCUT2D eigenvalue weighted by Gasteiger charge is 2.21. The minimum Gasteiger partial charge on any atom is -0.375 e. The van der Waals surface area contributed by atoms with Gasteiger partial charge in [-0.25, -0.2) is 4.98 Å². The number of hydrogen-bond acceptors (Lipinski definition) is 5. The van der Waals surface area contributed by atoms with E-state index in [9.17, 15) is 0 Å². The van der Waals surface area contributed by atoms with Crippen LogP contribution >= 0.6 is 34.5 Å². The molecule has 154 valence electrons. The molecule has 0 amide bonds. The Bertz CT molecular complexity index is 1030. The Balaban J connectivity index is 2.07. The summed E-state index contributed by atoms with van der Waals surface area (Å²) < 4.78 is 8.05. The van der Waals surface area contributed by atoms with Crippen LogP contribution in [-0.2, 0) is 11.5 Å². The zero-order chi connectivity index (χ0) is 21.2. The summed E-state index contributed by atoms with van der Waals surface area (Å²) in [5, 5.41) is 11.4. The standard InChI is InChI=1S/C20H24Cl2N4OSSi/c1-29(2,3)7-6-27-12-26-18(17-11-28-20(24)25-17)8-13(10-23)19(26)15-5-4-14(21)9-16(15)22/h4-5,8-11,23H,6-7,12H2,1-3H3,(H2,24,25). The van der Waals surface area contributed by atoms with Crippen molar-refractivity contribution in [3.8, 4) is 22.6 Å². The molecule has 0 spiro atoms. The predicted octanol–water partition coefficient (Wildman–Crippen LogP) is 6.48. The zero-order valence-electron chi connectivity index (χ0n) is 16.6. The van der Waals surface area contributed by atoms with Crippen molar-refractivity contribution < 1.29 is 4.74 Å². The lowest BCUT2D eigenvalue weighted by molar-refractivity contribution is 0.0895. The zero-order valence-corrected chi connectivity index (χ0v) is 20.0. The molecule has 3 N–H and O–H groups in total. The Kier molecular flexibility index (Phi) is 6.85. The highest BCUT2D eigenvalue weighted by molar-refractivity contribution is 7.13. The van der Waals surface area contributed by atoms with Crippen LogP contribution in [-0.4, -0.2) is 30.4 Å². The Morgan fingerprint density at radius 3 is 2.62 bits per heavy atom. The maximum atomic E-state index is 7.93. The van der Waals surface area contributed by atoms with Gasteiger partial charge in [0.2, 0.25) is 0 Å². The first-order valence-corrected chi connectivity index (χ1v) is 14.5. The lowest BCUT2D eigenvalue weighted by Crippen LogP contribution is -2.22. The van der Waals surface area contributed by atoms with Crippen LogP contribution in [0.15, 0.2) is 29.6 Å². The number of benzene rings is 1. The number of nitrogen functional groups attached to an aromatic ring is 1. The van der Waals surface area contributed by atoms with Crippen molar-refractivity contribution >= 4 is 54.0 Å². The molecule has 0 atom stereocenters. The molecule has 0 aliphatic heterocycles. The number of hydrogen-bond donors (Lipinski definition) is 2. The molecule has 0 saturated carbocycles. The number of nitrogens with zero attached hydrogens (tertiary/aromatic N) is 2. The van der Waals surface area contributed by atoms with Gasteiger partial charge in [0.05, 0.1) is 16.4 Å². The molecule has 0 fully saturated rings. The maximum Gasteiger partial charge on any atom is 0.180 e. The summed E-state index contributed by atoms with van der Waals surface area (Å²) >= 11 is 14.0. The van der Waals surface area contributed by atoms with Crippen LogP contribution in [0.2, 0.25) is 35.7 Å². The molecular weight excluding hydrogens is 443 g/mol. The van der Waals surface area contributed by atoms with Gasteiger partial charge in [0.15, 0.2) is 5.13 Å². The van der Waals surface area contributed by atoms with Crippen LogP contribution in [0.3, 0.4) is 0 Å². The van der Waals surface area contributed by atoms with Gasteiger partial charge >= 0.3 is 0 Å². The normalized spacial score (nSPS) is 11.8. The molecule has 9 heteroatoms. The third-order valence-corrected chi connectivity index (χ3v) is 7.40. The van der Waals surface area contributed by atoms with E-state index in [-0.39, 0.29) is 0 Å². The van der Waals surface area contributed by atoms with Crippen LogP contribution in [0.25, 0.3) is 22.6 Å². The number of aromatic nitrogens is 2. The van der Waals surface area contributed by atoms with Gasteiger partial charge in [0.1, 0.15) is 12.4 Å². The number of halogens is 2. The topological polar surface area (TPSA) is 76.9 Å². The smallest absolute Gasteiger partial charge is 0.180 e. The van der Waals surface area contributed by atoms with Crippen molar-refractivity contribution in [2.24, 2.45) is 0 Å². The van der Waals surface area contributed by atoms with E-state index >= 15 is 0 Å². The predicted molar refractivity (Wildman–Crippen MR) is 127 cm³/mol. The Morgan fingerprint density at radius 2 is 2.03 bits per heavy atom. The number of nitrogens with one attached hydrogen (secondary N) is 1. The molecule has 3 rings (SSSR count). The Hall–Kier alpha value is -1.64. The molecule has 0 unspecified atom stereocenters. The molecule has 0 radical (unpaired) electrons. The summed E-state index contributed by atoms with van der Waals surface area (Å²) in [5.74, 6) is 0. The third kappa shape index (κ3) is 5.29. The van der Waals surface area contributed by atoms with Gasteiger partial charge in [-0.3, -0.25) is 0 Å². The van der Waals surface area contributed by atoms with Crippen LogP contribution in [0.5, 0.6) is 0 Å². The summed E-state index contributed by atoms with van der Waals surface area (Å²) in [4.78, 5) is 4.43. The number of ether oxygens (including phenoxy) is 1. The average Bonchev–Trinajstić information content (AvgIpc) is 3.21. The minimum absolute atomic E-state index is 0.333. The molecule has 2 aromatic heterocycles. The molecule has 0 aliphatic rings. The Morgan fingerprint density at radius 1 is 1.28 bits per heavy atom. The first-order chi connectivity index (χ1) is 13.7. The van der Waals surface area contributed by atoms with Gasteiger partial charge in [-0.05, 0) is 30.3 Å². The van der Waals surface area contributed by atoms with Crippen molar-refractivity contribution in [2.75, 3.05) is 12.3 Å². The molecular formula is C20H24Cl2N4OSSi. The van der Waals surface area contributed by atoms with Crippen LogP contribution < -0.4 is 5.73 Å². The fourth-order valence-corrected chi connectivity index (χ4v) is 4.76. The van der Waals surface area contributed by atoms with Crippen molar-refractivity contribution in [3.05, 3.63) is 45.3 Å². The third-order valence-electron chi connectivity index (χ3n) is 4.47. The van der Waals surface area contributed by atoms with Gasteiger partial charge in [0, 0.05) is 42.4 Å². The summed E-state index contributed by atoms with van der Waals surface area (Å²) in [6.07, 6.45) is 1.32. The first-order valence-electron chi connectivity index (χ1n) is 9.18. The molecule has 29 heavy (non-hydrogen) atoms. The molecule has 1 aromatic carbocycles. The lowest BCUT2D eigenvalue weighted by Gasteiger charge is -2.18. The van der Waals surface area contributed by atoms with Crippen LogP contribution in [0.4, 0.5) is 5.13 Å². The van der Waals surface area contributed by atoms with E-state index in [4.69, 9.17) is 39.1 Å². The summed E-state index contributed by atoms with van der Waals surface area (Å²) in [5.41, 5.74) is 9.76. The number of rotatable bonds is 8. The quantitative estimate of drug-likeness (QED) is 0.226. The summed E-state index contributed by atoms with van der Waals surface area (Å²) in [6, 6.07) is 8.35. The summed E-state index contributed by atoms with van der Waals surface area (Å²) in [7, 11) is -1.20. The molecule has 2 heterocycles. The van der Waals surface area contributed by atoms with E-state index in [1.807, 2.05) is 22.1 Å². The van der Waals surface area contributed by atoms with Crippen molar-refractivity contribution in [1.29, 1.82) is 5.41 Å². The highest BCUT2D eigenvalue weighted by Crippen LogP contribution is 2.37. The number of nitrogens with two attached hydrogens (primary N) is 1. The fourth-order valence-electron chi connectivity index (χ4n) is 2.95. The van der Waals surface area contributed by atoms with Gasteiger partial charge in [-0.15, -0.1) is 11.3 Å². The monoisotopic (exact) mass is 466 g/mol. The van der Waals surface area contributed by atoms with Gasteiger partial charge in [0.25, 0.3) is 0 Å². The summed E-state index contributed by atoms with van der Waals surface area (Å²) in [6.45, 7) is 7.98. The second kappa shape index (κ2) is 9.02. The molecule has 0 saturated heterocycles. The second-order valence-electron chi connectivity index (χ2n) is 7.95. The largest absolute Gasteiger partial charge is 0.375 e. The molecule has 3 aromatic rings. The Labute approximate surface area is 186 Å². The second-order valence-corrected chi connectivity index (χ2v) is 15.3. The number of thiazole rings is 1. The van der Waals surface area contributed by atoms with Gasteiger partial charge in [-0.2, -0.15) is 0 Å². The van der Waals surface area contributed by atoms with Crippen LogP contribution in [0.1, 0.15) is 5.56 Å². The molecule has 0 aliphatic carbocycles. The van der Waals surface area contributed by atoms with E-state index in [0.29, 0.717) is 28.5 Å². The van der Waals surface area contributed by atoms with Crippen molar-refractivity contribution in [3.63, 3.8) is 0 Å². The average molecular weight is 467 g/mol. The van der Waals surface area contributed by atoms with Crippen molar-refractivity contribution in [1.82, 2.24) is 9.55 Å². The minimum atomic E-state index is -1.20. The molecule has 5 nitrogen and oxygen atoms in total. The van der Waals surface area contributed by atoms with Gasteiger partial charge in [-0.1, -0.05) is 42.8 Å². The lowest BCUT2D eigenvalue weighted by atomic mass is 10.1. The number of anilines is 1. The van der Waals surface area contributed by atoms with E-state index in [2.05, 4.69) is 24.6 Å². The maximum absolute atomic E-state index is 7.93. The fraction of sp³-hybridized carbons (Fsp3) is 0.300.